The Kier molecular flexibility index (Phi) is 6.00. The lowest BCUT2D eigenvalue weighted by Gasteiger charge is -2.22. The number of carbonyl (C=O) groups is 3. The molecule has 158 valence electrons. The maximum absolute atomic E-state index is 12.7. The summed E-state index contributed by atoms with van der Waals surface area (Å²) in [6.07, 6.45) is 0. The number of rotatable bonds is 7. The van der Waals surface area contributed by atoms with E-state index in [1.54, 1.807) is 50.2 Å². The van der Waals surface area contributed by atoms with E-state index in [0.717, 1.165) is 10.5 Å². The van der Waals surface area contributed by atoms with Crippen LogP contribution in [-0.4, -0.2) is 41.4 Å². The third-order valence-electron chi connectivity index (χ3n) is 4.62. The SMILES string of the molecule is CC1(C)NC(=O)N(CC(=O)N[C@H](c2ccccc2)c2ccc(OC(F)F)cc2)C1=O. The molecule has 0 spiro atoms. The van der Waals surface area contributed by atoms with Crippen LogP contribution in [0.4, 0.5) is 13.6 Å². The van der Waals surface area contributed by atoms with Crippen LogP contribution in [0.2, 0.25) is 0 Å². The summed E-state index contributed by atoms with van der Waals surface area (Å²) in [5.74, 6) is -1.04. The van der Waals surface area contributed by atoms with Gasteiger partial charge in [-0.25, -0.2) is 4.79 Å². The molecule has 1 atom stereocenters. The Labute approximate surface area is 172 Å². The second-order valence-electron chi connectivity index (χ2n) is 7.31. The Bertz CT molecular complexity index is 933. The van der Waals surface area contributed by atoms with Gasteiger partial charge >= 0.3 is 12.6 Å². The van der Waals surface area contributed by atoms with Gasteiger partial charge in [-0.1, -0.05) is 42.5 Å². The molecule has 2 N–H and O–H groups in total. The zero-order chi connectivity index (χ0) is 21.9. The summed E-state index contributed by atoms with van der Waals surface area (Å²) < 4.78 is 29.1. The topological polar surface area (TPSA) is 87.7 Å². The monoisotopic (exact) mass is 417 g/mol. The second-order valence-corrected chi connectivity index (χ2v) is 7.31. The van der Waals surface area contributed by atoms with Crippen LogP contribution in [0.5, 0.6) is 5.75 Å². The van der Waals surface area contributed by atoms with Crippen molar-refractivity contribution < 1.29 is 27.9 Å². The van der Waals surface area contributed by atoms with Gasteiger partial charge in [-0.3, -0.25) is 14.5 Å². The number of imide groups is 1. The third kappa shape index (κ3) is 4.73. The van der Waals surface area contributed by atoms with Gasteiger partial charge in [0.25, 0.3) is 5.91 Å². The van der Waals surface area contributed by atoms with Crippen molar-refractivity contribution in [1.82, 2.24) is 15.5 Å². The second kappa shape index (κ2) is 8.48. The maximum Gasteiger partial charge on any atom is 0.387 e. The van der Waals surface area contributed by atoms with Crippen LogP contribution in [0.1, 0.15) is 31.0 Å². The van der Waals surface area contributed by atoms with Gasteiger partial charge in [-0.15, -0.1) is 0 Å². The van der Waals surface area contributed by atoms with Crippen molar-refractivity contribution in [3.63, 3.8) is 0 Å². The number of nitrogens with zero attached hydrogens (tertiary/aromatic N) is 1. The number of nitrogens with one attached hydrogen (secondary N) is 2. The van der Waals surface area contributed by atoms with Gasteiger partial charge in [0.1, 0.15) is 17.8 Å². The van der Waals surface area contributed by atoms with E-state index in [2.05, 4.69) is 15.4 Å². The van der Waals surface area contributed by atoms with Crippen molar-refractivity contribution in [2.24, 2.45) is 0 Å². The summed E-state index contributed by atoms with van der Waals surface area (Å²) in [6.45, 7) is -0.264. The molecule has 30 heavy (non-hydrogen) atoms. The summed E-state index contributed by atoms with van der Waals surface area (Å²) in [5, 5.41) is 5.32. The van der Waals surface area contributed by atoms with Gasteiger partial charge in [-0.05, 0) is 37.1 Å². The Morgan fingerprint density at radius 1 is 1.07 bits per heavy atom. The minimum absolute atomic E-state index is 0.00606. The predicted octanol–water partition coefficient (Wildman–Crippen LogP) is 2.82. The smallest absolute Gasteiger partial charge is 0.387 e. The van der Waals surface area contributed by atoms with E-state index in [4.69, 9.17) is 0 Å². The van der Waals surface area contributed by atoms with Gasteiger partial charge < -0.3 is 15.4 Å². The number of urea groups is 1. The molecule has 1 fully saturated rings. The highest BCUT2D eigenvalue weighted by Crippen LogP contribution is 2.25. The molecule has 1 saturated heterocycles. The molecule has 0 saturated carbocycles. The van der Waals surface area contributed by atoms with Crippen molar-refractivity contribution in [2.45, 2.75) is 32.0 Å². The molecular weight excluding hydrogens is 396 g/mol. The van der Waals surface area contributed by atoms with Crippen LogP contribution < -0.4 is 15.4 Å². The van der Waals surface area contributed by atoms with Crippen molar-refractivity contribution in [3.05, 3.63) is 65.7 Å². The normalized spacial score (nSPS) is 16.4. The number of benzene rings is 2. The van der Waals surface area contributed by atoms with Gasteiger partial charge in [0.2, 0.25) is 5.91 Å². The Morgan fingerprint density at radius 2 is 1.67 bits per heavy atom. The lowest BCUT2D eigenvalue weighted by molar-refractivity contribution is -0.134. The first-order chi connectivity index (χ1) is 14.2. The van der Waals surface area contributed by atoms with Gasteiger partial charge in [0.05, 0.1) is 6.04 Å². The fraction of sp³-hybridized carbons (Fsp3) is 0.286. The molecule has 2 aromatic rings. The summed E-state index contributed by atoms with van der Waals surface area (Å²) in [4.78, 5) is 37.9. The van der Waals surface area contributed by atoms with Crippen LogP contribution in [-0.2, 0) is 9.59 Å². The molecule has 0 unspecified atom stereocenters. The first-order valence-electron chi connectivity index (χ1n) is 9.20. The molecule has 1 aliphatic heterocycles. The van der Waals surface area contributed by atoms with Gasteiger partial charge in [0.15, 0.2) is 0 Å². The number of carbonyl (C=O) groups excluding carboxylic acids is 3. The summed E-state index contributed by atoms with van der Waals surface area (Å²) in [6, 6.07) is 13.6. The molecule has 1 aliphatic rings. The lowest BCUT2D eigenvalue weighted by Crippen LogP contribution is -2.43. The van der Waals surface area contributed by atoms with E-state index >= 15 is 0 Å². The average molecular weight is 417 g/mol. The van der Waals surface area contributed by atoms with E-state index in [1.165, 1.54) is 12.1 Å². The van der Waals surface area contributed by atoms with Crippen molar-refractivity contribution in [2.75, 3.05) is 6.54 Å². The number of ether oxygens (including phenoxy) is 1. The average Bonchev–Trinajstić information content (AvgIpc) is 2.89. The first-order valence-corrected chi connectivity index (χ1v) is 9.20. The van der Waals surface area contributed by atoms with E-state index in [9.17, 15) is 23.2 Å². The first kappa shape index (κ1) is 21.2. The van der Waals surface area contributed by atoms with Crippen LogP contribution in [0, 0.1) is 0 Å². The maximum atomic E-state index is 12.7. The third-order valence-corrected chi connectivity index (χ3v) is 4.62. The molecule has 0 radical (unpaired) electrons. The molecule has 1 heterocycles. The zero-order valence-corrected chi connectivity index (χ0v) is 16.4. The van der Waals surface area contributed by atoms with Gasteiger partial charge in [-0.2, -0.15) is 8.78 Å². The molecular formula is C21H21F2N3O4. The predicted molar refractivity (Wildman–Crippen MR) is 104 cm³/mol. The van der Waals surface area contributed by atoms with Crippen LogP contribution in [0.15, 0.2) is 54.6 Å². The fourth-order valence-electron chi connectivity index (χ4n) is 3.16. The van der Waals surface area contributed by atoms with Crippen LogP contribution >= 0.6 is 0 Å². The van der Waals surface area contributed by atoms with E-state index in [1.807, 2.05) is 6.07 Å². The molecule has 4 amide bonds. The van der Waals surface area contributed by atoms with Crippen LogP contribution in [0.3, 0.4) is 0 Å². The zero-order valence-electron chi connectivity index (χ0n) is 16.4. The minimum atomic E-state index is -2.94. The van der Waals surface area contributed by atoms with E-state index < -0.39 is 42.6 Å². The number of amides is 4. The number of hydrogen-bond acceptors (Lipinski definition) is 4. The summed E-state index contributed by atoms with van der Waals surface area (Å²) in [7, 11) is 0. The van der Waals surface area contributed by atoms with E-state index in [-0.39, 0.29) is 5.75 Å². The standard InChI is InChI=1S/C21H21F2N3O4/c1-21(2)18(28)26(20(29)25-21)12-16(27)24-17(13-6-4-3-5-7-13)14-8-10-15(11-9-14)30-19(22)23/h3-11,17,19H,12H2,1-2H3,(H,24,27)(H,25,29)/t17-/m1/s1. The Morgan fingerprint density at radius 3 is 2.20 bits per heavy atom. The quantitative estimate of drug-likeness (QED) is 0.679. The molecule has 9 heteroatoms. The number of halogens is 2. The highest BCUT2D eigenvalue weighted by atomic mass is 19.3. The van der Waals surface area contributed by atoms with Crippen molar-refractivity contribution in [3.8, 4) is 5.75 Å². The Balaban J connectivity index is 1.79. The molecule has 0 bridgehead atoms. The Hall–Kier alpha value is -3.49. The molecule has 0 aliphatic carbocycles. The largest absolute Gasteiger partial charge is 0.435 e. The lowest BCUT2D eigenvalue weighted by atomic mass is 9.98. The highest BCUT2D eigenvalue weighted by molar-refractivity contribution is 6.08. The summed E-state index contributed by atoms with van der Waals surface area (Å²) >= 11 is 0. The van der Waals surface area contributed by atoms with Crippen LogP contribution in [0.25, 0.3) is 0 Å². The van der Waals surface area contributed by atoms with Crippen molar-refractivity contribution >= 4 is 17.8 Å². The van der Waals surface area contributed by atoms with Crippen molar-refractivity contribution in [1.29, 1.82) is 0 Å². The van der Waals surface area contributed by atoms with Gasteiger partial charge in [0, 0.05) is 0 Å². The number of alkyl halides is 2. The number of hydrogen-bond donors (Lipinski definition) is 2. The fourth-order valence-corrected chi connectivity index (χ4v) is 3.16. The summed E-state index contributed by atoms with van der Waals surface area (Å²) in [5.41, 5.74) is 0.288. The molecule has 2 aromatic carbocycles. The molecule has 7 nitrogen and oxygen atoms in total. The minimum Gasteiger partial charge on any atom is -0.435 e. The molecule has 3 rings (SSSR count). The molecule has 0 aromatic heterocycles. The van der Waals surface area contributed by atoms with E-state index in [0.29, 0.717) is 5.56 Å². The highest BCUT2D eigenvalue weighted by Gasteiger charge is 2.45.